The van der Waals surface area contributed by atoms with Crippen LogP contribution in [0, 0.1) is 11.6 Å². The van der Waals surface area contributed by atoms with Crippen LogP contribution in [0.25, 0.3) is 38.6 Å². The van der Waals surface area contributed by atoms with E-state index in [1.54, 1.807) is 34.9 Å². The Morgan fingerprint density at radius 1 is 1.16 bits per heavy atom. The predicted molar refractivity (Wildman–Crippen MR) is 134 cm³/mol. The van der Waals surface area contributed by atoms with E-state index < -0.39 is 29.3 Å². The first kappa shape index (κ1) is 23.3. The van der Waals surface area contributed by atoms with E-state index in [4.69, 9.17) is 4.74 Å². The highest BCUT2D eigenvalue weighted by molar-refractivity contribution is 6.06. The summed E-state index contributed by atoms with van der Waals surface area (Å²) in [5.74, 6) is -2.07. The van der Waals surface area contributed by atoms with Crippen molar-refractivity contribution in [2.75, 3.05) is 7.11 Å². The van der Waals surface area contributed by atoms with Crippen molar-refractivity contribution in [3.8, 4) is 16.8 Å². The molecule has 37 heavy (non-hydrogen) atoms. The SMILES string of the molecule is COC1CCCC1(O)c1c(-c2ccc(C(=O)O)cc2)c2c(F)c3[nH]ncc3cc2n1-c1ccc(F)cc1. The van der Waals surface area contributed by atoms with Gasteiger partial charge in [-0.15, -0.1) is 0 Å². The summed E-state index contributed by atoms with van der Waals surface area (Å²) in [7, 11) is 1.53. The molecule has 0 spiro atoms. The number of rotatable bonds is 5. The first-order valence-electron chi connectivity index (χ1n) is 11.9. The summed E-state index contributed by atoms with van der Waals surface area (Å²) in [6.45, 7) is 0. The molecule has 0 radical (unpaired) electrons. The molecule has 2 heterocycles. The van der Waals surface area contributed by atoms with Gasteiger partial charge in [-0.05, 0) is 67.3 Å². The van der Waals surface area contributed by atoms with Gasteiger partial charge >= 0.3 is 5.97 Å². The van der Waals surface area contributed by atoms with Gasteiger partial charge in [0, 0.05) is 29.1 Å². The lowest BCUT2D eigenvalue weighted by Gasteiger charge is -2.32. The molecule has 188 valence electrons. The van der Waals surface area contributed by atoms with Crippen molar-refractivity contribution >= 4 is 27.8 Å². The fraction of sp³-hybridized carbons (Fsp3) is 0.214. The molecule has 1 saturated carbocycles. The van der Waals surface area contributed by atoms with E-state index in [1.807, 2.05) is 0 Å². The van der Waals surface area contributed by atoms with Crippen molar-refractivity contribution in [1.29, 1.82) is 0 Å². The predicted octanol–water partition coefficient (Wildman–Crippen LogP) is 5.54. The van der Waals surface area contributed by atoms with E-state index in [2.05, 4.69) is 10.2 Å². The number of aromatic amines is 1. The van der Waals surface area contributed by atoms with Gasteiger partial charge in [0.15, 0.2) is 5.82 Å². The van der Waals surface area contributed by atoms with Crippen LogP contribution >= 0.6 is 0 Å². The third kappa shape index (κ3) is 3.46. The number of H-pyrrole nitrogens is 1. The first-order chi connectivity index (χ1) is 17.8. The van der Waals surface area contributed by atoms with Gasteiger partial charge in [0.25, 0.3) is 0 Å². The van der Waals surface area contributed by atoms with Crippen molar-refractivity contribution in [3.05, 3.63) is 83.7 Å². The van der Waals surface area contributed by atoms with Crippen LogP contribution in [0.2, 0.25) is 0 Å². The molecule has 0 bridgehead atoms. The van der Waals surface area contributed by atoms with Gasteiger partial charge in [-0.1, -0.05) is 12.1 Å². The number of aliphatic hydroxyl groups is 1. The zero-order valence-corrected chi connectivity index (χ0v) is 19.8. The summed E-state index contributed by atoms with van der Waals surface area (Å²) in [6, 6.07) is 13.7. The van der Waals surface area contributed by atoms with Gasteiger partial charge in [-0.25, -0.2) is 13.6 Å². The Morgan fingerprint density at radius 2 is 1.89 bits per heavy atom. The smallest absolute Gasteiger partial charge is 0.335 e. The standard InChI is InChI=1S/C28H23F2N3O4/c1-37-21-3-2-12-28(21,36)26-22(15-4-6-16(7-5-15)27(34)35)23-20(13-17-14-31-32-25(17)24(23)30)33(26)19-10-8-18(29)9-11-19/h4-11,13-14,21,36H,2-3,12H2,1H3,(H,31,32)(H,34,35). The minimum Gasteiger partial charge on any atom is -0.478 e. The second-order valence-electron chi connectivity index (χ2n) is 9.38. The van der Waals surface area contributed by atoms with Crippen molar-refractivity contribution in [1.82, 2.24) is 14.8 Å². The number of hydrogen-bond donors (Lipinski definition) is 3. The lowest BCUT2D eigenvalue weighted by Crippen LogP contribution is -2.38. The number of methoxy groups -OCH3 is 1. The normalized spacial score (nSPS) is 19.7. The minimum absolute atomic E-state index is 0.0818. The highest BCUT2D eigenvalue weighted by Gasteiger charge is 2.48. The molecule has 1 aliphatic rings. The molecule has 2 aromatic heterocycles. The van der Waals surface area contributed by atoms with Crippen LogP contribution in [0.1, 0.15) is 35.3 Å². The third-order valence-electron chi connectivity index (χ3n) is 7.36. The van der Waals surface area contributed by atoms with Gasteiger partial charge in [0.1, 0.15) is 16.9 Å². The maximum atomic E-state index is 16.3. The van der Waals surface area contributed by atoms with Gasteiger partial charge in [0.05, 0.1) is 29.1 Å². The summed E-state index contributed by atoms with van der Waals surface area (Å²) in [6.07, 6.45) is 2.60. The fourth-order valence-electron chi connectivity index (χ4n) is 5.67. The van der Waals surface area contributed by atoms with Crippen LogP contribution in [0.15, 0.2) is 60.8 Å². The highest BCUT2D eigenvalue weighted by Crippen LogP contribution is 2.50. The number of halogens is 2. The number of carboxylic acid groups (broad SMARTS) is 1. The van der Waals surface area contributed by atoms with Crippen molar-refractivity contribution in [2.45, 2.75) is 31.0 Å². The molecule has 0 aliphatic heterocycles. The molecular formula is C28H23F2N3O4. The molecule has 5 aromatic rings. The zero-order valence-electron chi connectivity index (χ0n) is 19.8. The maximum absolute atomic E-state index is 16.3. The fourth-order valence-corrected chi connectivity index (χ4v) is 5.67. The van der Waals surface area contributed by atoms with Crippen LogP contribution < -0.4 is 0 Å². The van der Waals surface area contributed by atoms with Crippen molar-refractivity contribution < 1.29 is 28.5 Å². The van der Waals surface area contributed by atoms with Gasteiger partial charge in [-0.3, -0.25) is 5.10 Å². The minimum atomic E-state index is -1.50. The van der Waals surface area contributed by atoms with Crippen molar-refractivity contribution in [3.63, 3.8) is 0 Å². The summed E-state index contributed by atoms with van der Waals surface area (Å²) >= 11 is 0. The molecule has 0 amide bonds. The number of aromatic carboxylic acids is 1. The highest BCUT2D eigenvalue weighted by atomic mass is 19.1. The number of fused-ring (bicyclic) bond motifs is 2. The summed E-state index contributed by atoms with van der Waals surface area (Å²) in [5.41, 5.74) is 1.13. The molecule has 2 atom stereocenters. The molecule has 1 fully saturated rings. The molecule has 6 rings (SSSR count). The van der Waals surface area contributed by atoms with E-state index in [0.29, 0.717) is 52.7 Å². The second-order valence-corrected chi connectivity index (χ2v) is 9.38. The van der Waals surface area contributed by atoms with Crippen LogP contribution in [0.3, 0.4) is 0 Å². The molecular weight excluding hydrogens is 480 g/mol. The quantitative estimate of drug-likeness (QED) is 0.293. The van der Waals surface area contributed by atoms with Crippen LogP contribution in [-0.2, 0) is 10.3 Å². The summed E-state index contributed by atoms with van der Waals surface area (Å²) < 4.78 is 37.6. The van der Waals surface area contributed by atoms with E-state index >= 15 is 4.39 Å². The lowest BCUT2D eigenvalue weighted by atomic mass is 9.88. The monoisotopic (exact) mass is 503 g/mol. The average Bonchev–Trinajstić information content (AvgIpc) is 3.61. The number of carboxylic acids is 1. The Kier molecular flexibility index (Phi) is 5.36. The molecule has 1 aliphatic carbocycles. The summed E-state index contributed by atoms with van der Waals surface area (Å²) in [4.78, 5) is 11.5. The Labute approximate surface area is 209 Å². The maximum Gasteiger partial charge on any atom is 0.335 e. The number of aromatic nitrogens is 3. The molecule has 3 N–H and O–H groups in total. The van der Waals surface area contributed by atoms with Crippen molar-refractivity contribution in [2.24, 2.45) is 0 Å². The molecule has 2 unspecified atom stereocenters. The lowest BCUT2D eigenvalue weighted by molar-refractivity contribution is -0.0806. The van der Waals surface area contributed by atoms with Gasteiger partial charge in [-0.2, -0.15) is 5.10 Å². The van der Waals surface area contributed by atoms with E-state index in [1.165, 1.54) is 37.6 Å². The number of nitrogens with one attached hydrogen (secondary N) is 1. The van der Waals surface area contributed by atoms with Gasteiger partial charge in [0.2, 0.25) is 0 Å². The van der Waals surface area contributed by atoms with Crippen LogP contribution in [0.4, 0.5) is 8.78 Å². The van der Waals surface area contributed by atoms with E-state index in [9.17, 15) is 19.4 Å². The molecule has 9 heteroatoms. The third-order valence-corrected chi connectivity index (χ3v) is 7.36. The average molecular weight is 504 g/mol. The first-order valence-corrected chi connectivity index (χ1v) is 11.9. The molecule has 3 aromatic carbocycles. The number of benzene rings is 3. The van der Waals surface area contributed by atoms with Gasteiger partial charge < -0.3 is 19.5 Å². The number of ether oxygens (including phenoxy) is 1. The Morgan fingerprint density at radius 3 is 2.57 bits per heavy atom. The number of carbonyl (C=O) groups is 1. The van der Waals surface area contributed by atoms with E-state index in [-0.39, 0.29) is 16.5 Å². The Hall–Kier alpha value is -4.08. The zero-order chi connectivity index (χ0) is 25.9. The number of hydrogen-bond acceptors (Lipinski definition) is 4. The largest absolute Gasteiger partial charge is 0.478 e. The van der Waals surface area contributed by atoms with Crippen LogP contribution in [0.5, 0.6) is 0 Å². The molecule has 7 nitrogen and oxygen atoms in total. The Bertz CT molecular complexity index is 1660. The topological polar surface area (TPSA) is 100 Å². The van der Waals surface area contributed by atoms with E-state index in [0.717, 1.165) is 0 Å². The molecule has 0 saturated heterocycles. The Balaban J connectivity index is 1.80. The summed E-state index contributed by atoms with van der Waals surface area (Å²) in [5, 5.41) is 29.1. The number of nitrogens with zero attached hydrogens (tertiary/aromatic N) is 2. The second kappa shape index (κ2) is 8.50. The van der Waals surface area contributed by atoms with Crippen LogP contribution in [-0.4, -0.2) is 44.2 Å².